The second-order valence-corrected chi connectivity index (χ2v) is 7.20. The second kappa shape index (κ2) is 7.35. The third-order valence-electron chi connectivity index (χ3n) is 4.05. The lowest BCUT2D eigenvalue weighted by Gasteiger charge is -2.27. The molecule has 130 valence electrons. The van der Waals surface area contributed by atoms with Gasteiger partial charge < -0.3 is 9.47 Å². The third-order valence-corrected chi connectivity index (χ3v) is 4.79. The molecule has 0 amide bonds. The number of nitrogens with zero attached hydrogens (tertiary/aromatic N) is 4. The Kier molecular flexibility index (Phi) is 5.39. The summed E-state index contributed by atoms with van der Waals surface area (Å²) in [6.07, 6.45) is 1.47. The third kappa shape index (κ3) is 4.25. The van der Waals surface area contributed by atoms with E-state index in [4.69, 9.17) is 32.7 Å². The maximum Gasteiger partial charge on any atom is 0.155 e. The van der Waals surface area contributed by atoms with Crippen LogP contribution in [0, 0.1) is 0 Å². The van der Waals surface area contributed by atoms with Gasteiger partial charge in [-0.25, -0.2) is 4.68 Å². The molecule has 1 fully saturated rings. The van der Waals surface area contributed by atoms with E-state index in [1.807, 2.05) is 19.1 Å². The number of ether oxygens (including phenoxy) is 2. The van der Waals surface area contributed by atoms with Gasteiger partial charge in [-0.2, -0.15) is 0 Å². The van der Waals surface area contributed by atoms with Gasteiger partial charge in [-0.3, -0.25) is 0 Å². The Hall–Kier alpha value is -1.21. The average Bonchev–Trinajstić information content (AvgIpc) is 3.13. The smallest absolute Gasteiger partial charge is 0.155 e. The van der Waals surface area contributed by atoms with E-state index in [2.05, 4.69) is 22.4 Å². The first-order valence-corrected chi connectivity index (χ1v) is 8.65. The Morgan fingerprint density at radius 3 is 2.92 bits per heavy atom. The average molecular weight is 371 g/mol. The van der Waals surface area contributed by atoms with Crippen LogP contribution >= 0.6 is 23.2 Å². The zero-order valence-corrected chi connectivity index (χ0v) is 15.2. The summed E-state index contributed by atoms with van der Waals surface area (Å²) in [5, 5.41) is 13.0. The van der Waals surface area contributed by atoms with Gasteiger partial charge >= 0.3 is 0 Å². The first-order valence-electron chi connectivity index (χ1n) is 7.90. The molecule has 0 saturated carbocycles. The van der Waals surface area contributed by atoms with Crippen molar-refractivity contribution in [3.63, 3.8) is 0 Å². The van der Waals surface area contributed by atoms with Crippen LogP contribution in [0.15, 0.2) is 18.2 Å². The zero-order chi connectivity index (χ0) is 17.2. The highest BCUT2D eigenvalue weighted by molar-refractivity contribution is 6.42. The first kappa shape index (κ1) is 17.6. The molecule has 3 rings (SSSR count). The number of hydrogen-bond donors (Lipinski definition) is 0. The molecule has 0 aliphatic carbocycles. The van der Waals surface area contributed by atoms with Crippen LogP contribution in [0.25, 0.3) is 0 Å². The summed E-state index contributed by atoms with van der Waals surface area (Å²) in [5.74, 6) is 0.761. The fraction of sp³-hybridized carbons (Fsp3) is 0.562. The van der Waals surface area contributed by atoms with E-state index < -0.39 is 0 Å². The molecule has 0 radical (unpaired) electrons. The summed E-state index contributed by atoms with van der Waals surface area (Å²) in [6, 6.07) is 5.53. The molecule has 2 aromatic rings. The summed E-state index contributed by atoms with van der Waals surface area (Å²) >= 11 is 12.0. The van der Waals surface area contributed by atoms with Crippen LogP contribution in [-0.4, -0.2) is 45.1 Å². The fourth-order valence-electron chi connectivity index (χ4n) is 2.83. The molecule has 2 unspecified atom stereocenters. The predicted octanol–water partition coefficient (Wildman–Crippen LogP) is 3.15. The Bertz CT molecular complexity index is 701. The Morgan fingerprint density at radius 2 is 2.21 bits per heavy atom. The molecular weight excluding hydrogens is 351 g/mol. The van der Waals surface area contributed by atoms with Gasteiger partial charge in [0.15, 0.2) is 5.82 Å². The van der Waals surface area contributed by atoms with Crippen molar-refractivity contribution in [1.29, 1.82) is 0 Å². The van der Waals surface area contributed by atoms with E-state index in [1.54, 1.807) is 10.7 Å². The molecule has 1 aliphatic rings. The lowest BCUT2D eigenvalue weighted by molar-refractivity contribution is -0.0833. The predicted molar refractivity (Wildman–Crippen MR) is 91.5 cm³/mol. The van der Waals surface area contributed by atoms with Crippen LogP contribution in [0.2, 0.25) is 10.0 Å². The molecule has 1 aromatic heterocycles. The lowest BCUT2D eigenvalue weighted by Crippen LogP contribution is -2.35. The van der Waals surface area contributed by atoms with Gasteiger partial charge in [-0.15, -0.1) is 5.10 Å². The van der Waals surface area contributed by atoms with Crippen molar-refractivity contribution in [2.45, 2.75) is 44.9 Å². The normalized spacial score (nSPS) is 22.0. The molecule has 0 spiro atoms. The van der Waals surface area contributed by atoms with Crippen LogP contribution in [0.3, 0.4) is 0 Å². The minimum Gasteiger partial charge on any atom is -0.378 e. The van der Waals surface area contributed by atoms with Crippen molar-refractivity contribution in [2.24, 2.45) is 0 Å². The first-order chi connectivity index (χ1) is 11.5. The summed E-state index contributed by atoms with van der Waals surface area (Å²) < 4.78 is 13.3. The maximum absolute atomic E-state index is 6.13. The Labute approximate surface area is 151 Å². The number of tetrazole rings is 1. The monoisotopic (exact) mass is 370 g/mol. The molecule has 8 heteroatoms. The molecule has 0 N–H and O–H groups in total. The summed E-state index contributed by atoms with van der Waals surface area (Å²) in [4.78, 5) is 0. The molecule has 2 atom stereocenters. The van der Waals surface area contributed by atoms with Crippen molar-refractivity contribution >= 4 is 23.2 Å². The van der Waals surface area contributed by atoms with Crippen LogP contribution in [-0.2, 0) is 22.4 Å². The highest BCUT2D eigenvalue weighted by atomic mass is 35.5. The molecule has 2 heterocycles. The molecular formula is C16H20Cl2N4O2. The van der Waals surface area contributed by atoms with E-state index in [9.17, 15) is 0 Å². The van der Waals surface area contributed by atoms with E-state index in [0.717, 1.165) is 24.4 Å². The summed E-state index contributed by atoms with van der Waals surface area (Å²) in [5.41, 5.74) is 0.780. The van der Waals surface area contributed by atoms with Gasteiger partial charge in [0, 0.05) is 19.4 Å². The number of hydrogen-bond acceptors (Lipinski definition) is 5. The maximum atomic E-state index is 6.13. The fourth-order valence-corrected chi connectivity index (χ4v) is 3.15. The number of halogens is 2. The van der Waals surface area contributed by atoms with Gasteiger partial charge in [0.1, 0.15) is 0 Å². The number of benzene rings is 1. The lowest BCUT2D eigenvalue weighted by atomic mass is 10.1. The van der Waals surface area contributed by atoms with E-state index in [0.29, 0.717) is 29.6 Å². The van der Waals surface area contributed by atoms with Crippen LogP contribution < -0.4 is 0 Å². The van der Waals surface area contributed by atoms with Crippen molar-refractivity contribution < 1.29 is 9.47 Å². The van der Waals surface area contributed by atoms with Crippen molar-refractivity contribution in [1.82, 2.24) is 20.2 Å². The van der Waals surface area contributed by atoms with E-state index in [-0.39, 0.29) is 11.7 Å². The molecule has 0 bridgehead atoms. The van der Waals surface area contributed by atoms with E-state index >= 15 is 0 Å². The summed E-state index contributed by atoms with van der Waals surface area (Å²) in [6.45, 7) is 6.06. The highest BCUT2D eigenvalue weighted by Crippen LogP contribution is 2.25. The highest BCUT2D eigenvalue weighted by Gasteiger charge is 2.32. The SMILES string of the molecule is CC(Cn1nnnc1Cc1ccc(Cl)c(Cl)c1)OC1(C)CCOC1. The largest absolute Gasteiger partial charge is 0.378 e. The van der Waals surface area contributed by atoms with Crippen molar-refractivity contribution in [2.75, 3.05) is 13.2 Å². The minimum absolute atomic E-state index is 0.0206. The molecule has 1 aromatic carbocycles. The van der Waals surface area contributed by atoms with Crippen LogP contribution in [0.4, 0.5) is 0 Å². The molecule has 24 heavy (non-hydrogen) atoms. The van der Waals surface area contributed by atoms with Gasteiger partial charge in [0.2, 0.25) is 0 Å². The molecule has 1 aliphatic heterocycles. The van der Waals surface area contributed by atoms with Crippen molar-refractivity contribution in [3.8, 4) is 0 Å². The van der Waals surface area contributed by atoms with Gasteiger partial charge in [-0.1, -0.05) is 29.3 Å². The minimum atomic E-state index is -0.225. The van der Waals surface area contributed by atoms with Crippen LogP contribution in [0.1, 0.15) is 31.7 Å². The zero-order valence-electron chi connectivity index (χ0n) is 13.7. The topological polar surface area (TPSA) is 62.1 Å². The quantitative estimate of drug-likeness (QED) is 0.781. The van der Waals surface area contributed by atoms with Gasteiger partial charge in [-0.05, 0) is 42.0 Å². The van der Waals surface area contributed by atoms with Crippen LogP contribution in [0.5, 0.6) is 0 Å². The summed E-state index contributed by atoms with van der Waals surface area (Å²) in [7, 11) is 0. The Balaban J connectivity index is 1.65. The van der Waals surface area contributed by atoms with E-state index in [1.165, 1.54) is 0 Å². The molecule has 1 saturated heterocycles. The van der Waals surface area contributed by atoms with Gasteiger partial charge in [0.05, 0.1) is 34.9 Å². The standard InChI is InChI=1S/C16H20Cl2N4O2/c1-11(24-16(2)5-6-23-10-16)9-22-15(19-20-21-22)8-12-3-4-13(17)14(18)7-12/h3-4,7,11H,5-6,8-10H2,1-2H3. The Morgan fingerprint density at radius 1 is 1.38 bits per heavy atom. The van der Waals surface area contributed by atoms with Crippen molar-refractivity contribution in [3.05, 3.63) is 39.6 Å². The van der Waals surface area contributed by atoms with Gasteiger partial charge in [0.25, 0.3) is 0 Å². The number of aromatic nitrogens is 4. The second-order valence-electron chi connectivity index (χ2n) is 6.38. The number of rotatable bonds is 6. The molecule has 6 nitrogen and oxygen atoms in total.